The molecule has 0 aliphatic rings. The van der Waals surface area contributed by atoms with Crippen LogP contribution in [0.25, 0.3) is 0 Å². The van der Waals surface area contributed by atoms with Crippen molar-refractivity contribution in [2.24, 2.45) is 0 Å². The molecule has 0 aromatic heterocycles. The molecule has 4 nitrogen and oxygen atoms in total. The first kappa shape index (κ1) is 22.5. The van der Waals surface area contributed by atoms with Gasteiger partial charge < -0.3 is 10.1 Å². The van der Waals surface area contributed by atoms with Crippen molar-refractivity contribution < 1.29 is 27.5 Å². The fraction of sp³-hybridized carbons (Fsp3) is 0.364. The lowest BCUT2D eigenvalue weighted by Crippen LogP contribution is -2.43. The van der Waals surface area contributed by atoms with Crippen LogP contribution in [-0.2, 0) is 27.5 Å². The van der Waals surface area contributed by atoms with Crippen LogP contribution in [0.2, 0.25) is 0 Å². The van der Waals surface area contributed by atoms with Crippen molar-refractivity contribution in [3.8, 4) is 0 Å². The van der Waals surface area contributed by atoms with Gasteiger partial charge >= 0.3 is 12.1 Å². The quantitative estimate of drug-likeness (QED) is 0.742. The Balaban J connectivity index is 2.19. The predicted molar refractivity (Wildman–Crippen MR) is 104 cm³/mol. The highest BCUT2D eigenvalue weighted by Gasteiger charge is 2.31. The lowest BCUT2D eigenvalue weighted by Gasteiger charge is -2.20. The Bertz CT molecular complexity index is 868. The van der Waals surface area contributed by atoms with E-state index in [1.165, 1.54) is 13.2 Å². The minimum absolute atomic E-state index is 0.0298. The highest BCUT2D eigenvalue weighted by molar-refractivity contribution is 5.97. The first-order valence-corrected chi connectivity index (χ1v) is 9.07. The molecular weight excluding hydrogens is 383 g/mol. The van der Waals surface area contributed by atoms with E-state index in [-0.39, 0.29) is 17.4 Å². The van der Waals surface area contributed by atoms with E-state index in [0.717, 1.165) is 29.3 Å². The number of benzene rings is 2. The number of alkyl halides is 3. The number of carbonyl (C=O) groups is 2. The average Bonchev–Trinajstić information content (AvgIpc) is 2.66. The maximum atomic E-state index is 12.9. The molecule has 0 saturated carbocycles. The SMILES string of the molecule is COC(=O)[C@@H](Cc1ccc(C(C)(C)C)cc1)NC(=O)c1cccc(C(F)(F)F)c1. The Morgan fingerprint density at radius 3 is 2.14 bits per heavy atom. The second-order valence-corrected chi connectivity index (χ2v) is 7.78. The summed E-state index contributed by atoms with van der Waals surface area (Å²) in [5.41, 5.74) is 0.758. The Kier molecular flexibility index (Phi) is 6.72. The van der Waals surface area contributed by atoms with Crippen LogP contribution in [0.1, 0.15) is 47.8 Å². The minimum atomic E-state index is -4.56. The predicted octanol–water partition coefficient (Wildman–Crippen LogP) is 4.52. The van der Waals surface area contributed by atoms with Crippen molar-refractivity contribution in [3.63, 3.8) is 0 Å². The first-order valence-electron chi connectivity index (χ1n) is 9.07. The monoisotopic (exact) mass is 407 g/mol. The van der Waals surface area contributed by atoms with E-state index >= 15 is 0 Å². The number of ether oxygens (including phenoxy) is 1. The first-order chi connectivity index (χ1) is 13.4. The van der Waals surface area contributed by atoms with Crippen LogP contribution in [-0.4, -0.2) is 25.0 Å². The summed E-state index contributed by atoms with van der Waals surface area (Å²) in [6.07, 6.45) is -4.41. The van der Waals surface area contributed by atoms with E-state index in [1.807, 2.05) is 24.3 Å². The minimum Gasteiger partial charge on any atom is -0.467 e. The van der Waals surface area contributed by atoms with Gasteiger partial charge in [-0.1, -0.05) is 51.1 Å². The van der Waals surface area contributed by atoms with E-state index in [4.69, 9.17) is 4.74 Å². The molecule has 0 saturated heterocycles. The number of hydrogen-bond donors (Lipinski definition) is 1. The smallest absolute Gasteiger partial charge is 0.416 e. The van der Waals surface area contributed by atoms with Crippen LogP contribution in [0.4, 0.5) is 13.2 Å². The summed E-state index contributed by atoms with van der Waals surface area (Å²) in [6.45, 7) is 6.23. The van der Waals surface area contributed by atoms with Gasteiger partial charge in [0.15, 0.2) is 0 Å². The molecule has 0 aliphatic carbocycles. The Hall–Kier alpha value is -2.83. The van der Waals surface area contributed by atoms with Crippen molar-refractivity contribution in [2.45, 2.75) is 44.8 Å². The molecule has 2 rings (SSSR count). The summed E-state index contributed by atoms with van der Waals surface area (Å²) in [6, 6.07) is 10.6. The van der Waals surface area contributed by atoms with Gasteiger partial charge in [-0.3, -0.25) is 4.79 Å². The molecular formula is C22H24F3NO3. The third-order valence-electron chi connectivity index (χ3n) is 4.50. The normalized spacial score (nSPS) is 12.9. The second kappa shape index (κ2) is 8.68. The van der Waals surface area contributed by atoms with Gasteiger partial charge in [-0.15, -0.1) is 0 Å². The maximum absolute atomic E-state index is 12.9. The van der Waals surface area contributed by atoms with Crippen LogP contribution in [0.5, 0.6) is 0 Å². The zero-order valence-corrected chi connectivity index (χ0v) is 16.8. The summed E-state index contributed by atoms with van der Waals surface area (Å²) >= 11 is 0. The van der Waals surface area contributed by atoms with Gasteiger partial charge in [0.1, 0.15) is 6.04 Å². The van der Waals surface area contributed by atoms with E-state index in [9.17, 15) is 22.8 Å². The summed E-state index contributed by atoms with van der Waals surface area (Å²) in [5, 5.41) is 2.48. The molecule has 0 heterocycles. The summed E-state index contributed by atoms with van der Waals surface area (Å²) in [7, 11) is 1.19. The maximum Gasteiger partial charge on any atom is 0.416 e. The highest BCUT2D eigenvalue weighted by Crippen LogP contribution is 2.29. The number of halogens is 3. The number of hydrogen-bond acceptors (Lipinski definition) is 3. The number of nitrogens with one attached hydrogen (secondary N) is 1. The zero-order valence-electron chi connectivity index (χ0n) is 16.8. The molecule has 0 fully saturated rings. The highest BCUT2D eigenvalue weighted by atomic mass is 19.4. The molecule has 1 atom stereocenters. The largest absolute Gasteiger partial charge is 0.467 e. The number of methoxy groups -OCH3 is 1. The lowest BCUT2D eigenvalue weighted by molar-refractivity contribution is -0.143. The molecule has 2 aromatic rings. The Morgan fingerprint density at radius 1 is 1.00 bits per heavy atom. The molecule has 7 heteroatoms. The van der Waals surface area contributed by atoms with Crippen molar-refractivity contribution in [1.82, 2.24) is 5.32 Å². The second-order valence-electron chi connectivity index (χ2n) is 7.78. The molecule has 0 aliphatic heterocycles. The van der Waals surface area contributed by atoms with E-state index in [0.29, 0.717) is 0 Å². The number of rotatable bonds is 5. The molecule has 2 aromatic carbocycles. The average molecular weight is 407 g/mol. The molecule has 156 valence electrons. The van der Waals surface area contributed by atoms with E-state index < -0.39 is 29.7 Å². The van der Waals surface area contributed by atoms with E-state index in [2.05, 4.69) is 26.1 Å². The van der Waals surface area contributed by atoms with Crippen LogP contribution in [0, 0.1) is 0 Å². The molecule has 0 bridgehead atoms. The molecule has 29 heavy (non-hydrogen) atoms. The van der Waals surface area contributed by atoms with E-state index in [1.54, 1.807) is 0 Å². The van der Waals surface area contributed by atoms with Crippen LogP contribution >= 0.6 is 0 Å². The third kappa shape index (κ3) is 6.07. The van der Waals surface area contributed by atoms with Crippen molar-refractivity contribution in [1.29, 1.82) is 0 Å². The number of amides is 1. The number of esters is 1. The number of carbonyl (C=O) groups excluding carboxylic acids is 2. The van der Waals surface area contributed by atoms with Gasteiger partial charge in [0.25, 0.3) is 5.91 Å². The van der Waals surface area contributed by atoms with Gasteiger partial charge in [0, 0.05) is 12.0 Å². The van der Waals surface area contributed by atoms with Gasteiger partial charge in [-0.25, -0.2) is 4.79 Å². The van der Waals surface area contributed by atoms with Crippen LogP contribution < -0.4 is 5.32 Å². The lowest BCUT2D eigenvalue weighted by atomic mass is 9.86. The van der Waals surface area contributed by atoms with Crippen LogP contribution in [0.15, 0.2) is 48.5 Å². The molecule has 1 amide bonds. The van der Waals surface area contributed by atoms with Gasteiger partial charge in [-0.2, -0.15) is 13.2 Å². The van der Waals surface area contributed by atoms with Crippen LogP contribution in [0.3, 0.4) is 0 Å². The molecule has 1 N–H and O–H groups in total. The van der Waals surface area contributed by atoms with Crippen molar-refractivity contribution in [2.75, 3.05) is 7.11 Å². The Morgan fingerprint density at radius 2 is 1.62 bits per heavy atom. The van der Waals surface area contributed by atoms with Gasteiger partial charge in [0.05, 0.1) is 12.7 Å². The van der Waals surface area contributed by atoms with Gasteiger partial charge in [-0.05, 0) is 34.7 Å². The van der Waals surface area contributed by atoms with Crippen molar-refractivity contribution >= 4 is 11.9 Å². The fourth-order valence-corrected chi connectivity index (χ4v) is 2.79. The molecule has 0 radical (unpaired) electrons. The molecule has 0 spiro atoms. The Labute approximate surface area is 168 Å². The van der Waals surface area contributed by atoms with Gasteiger partial charge in [0.2, 0.25) is 0 Å². The topological polar surface area (TPSA) is 55.4 Å². The molecule has 0 unspecified atom stereocenters. The zero-order chi connectivity index (χ0) is 21.8. The standard InChI is InChI=1S/C22H24F3NO3/c1-21(2,3)16-10-8-14(9-11-16)12-18(20(28)29-4)26-19(27)15-6-5-7-17(13-15)22(23,24)25/h5-11,13,18H,12H2,1-4H3,(H,26,27)/t18-/m1/s1. The fourth-order valence-electron chi connectivity index (χ4n) is 2.79. The summed E-state index contributed by atoms with van der Waals surface area (Å²) < 4.78 is 43.4. The third-order valence-corrected chi connectivity index (χ3v) is 4.50. The summed E-state index contributed by atoms with van der Waals surface area (Å²) in [5.74, 6) is -1.46. The summed E-state index contributed by atoms with van der Waals surface area (Å²) in [4.78, 5) is 24.6. The van der Waals surface area contributed by atoms with Crippen molar-refractivity contribution in [3.05, 3.63) is 70.8 Å².